The molecular weight excluding hydrogens is 561 g/mol. The highest BCUT2D eigenvalue weighted by atomic mass is 127. The molecule has 0 aromatic heterocycles. The van der Waals surface area contributed by atoms with E-state index in [-0.39, 0.29) is 11.8 Å². The molecule has 36 heavy (non-hydrogen) atoms. The summed E-state index contributed by atoms with van der Waals surface area (Å²) in [6.07, 6.45) is 25.7. The van der Waals surface area contributed by atoms with Gasteiger partial charge in [0.25, 0.3) is 5.91 Å². The standard InChI is InChI=1S/C31H50INO3/c1-2-3-4-5-6-7-8-9-10-11-12-13-14-15-19-22-30(34)33-31(35)28-25-27(23-24-29(28)32-36)26-20-17-16-18-21-26/h23-26H,2-22H2,1H3,(H,33,34,35). The average molecular weight is 612 g/mol. The van der Waals surface area contributed by atoms with Crippen molar-refractivity contribution in [3.63, 3.8) is 0 Å². The summed E-state index contributed by atoms with van der Waals surface area (Å²) < 4.78 is 12.3. The molecule has 2 rings (SSSR count). The molecule has 1 aromatic rings. The molecule has 0 radical (unpaired) electrons. The first-order chi connectivity index (χ1) is 17.7. The van der Waals surface area contributed by atoms with Crippen LogP contribution >= 0.6 is 21.2 Å². The van der Waals surface area contributed by atoms with Gasteiger partial charge in [0.1, 0.15) is 0 Å². The SMILES string of the molecule is CCCCCCCCCCCCCCCCCC(=O)NC(=O)c1cc(C2CCCCC2)ccc1I=O. The van der Waals surface area contributed by atoms with Crippen LogP contribution in [0.15, 0.2) is 18.2 Å². The summed E-state index contributed by atoms with van der Waals surface area (Å²) in [5.74, 6) is -0.128. The van der Waals surface area contributed by atoms with Gasteiger partial charge in [0.15, 0.2) is 21.2 Å². The summed E-state index contributed by atoms with van der Waals surface area (Å²) in [5, 5.41) is 2.55. The molecule has 1 aliphatic carbocycles. The number of amides is 2. The minimum Gasteiger partial charge on any atom is -0.292 e. The van der Waals surface area contributed by atoms with Crippen LogP contribution in [0.3, 0.4) is 0 Å². The number of carbonyl (C=O) groups excluding carboxylic acids is 2. The molecule has 0 spiro atoms. The van der Waals surface area contributed by atoms with E-state index >= 15 is 0 Å². The zero-order valence-electron chi connectivity index (χ0n) is 22.8. The zero-order valence-corrected chi connectivity index (χ0v) is 24.9. The number of rotatable bonds is 19. The fourth-order valence-electron chi connectivity index (χ4n) is 5.39. The lowest BCUT2D eigenvalue weighted by molar-refractivity contribution is -0.120. The predicted octanol–water partition coefficient (Wildman–Crippen LogP) is 9.74. The largest absolute Gasteiger partial charge is 0.292 e. The van der Waals surface area contributed by atoms with Crippen molar-refractivity contribution in [1.82, 2.24) is 5.32 Å². The Bertz CT molecular complexity index is 773. The Morgan fingerprint density at radius 2 is 1.31 bits per heavy atom. The first kappa shape index (κ1) is 31.1. The Morgan fingerprint density at radius 3 is 1.83 bits per heavy atom. The van der Waals surface area contributed by atoms with E-state index in [0.717, 1.165) is 37.7 Å². The van der Waals surface area contributed by atoms with Crippen LogP contribution in [0, 0.1) is 3.57 Å². The van der Waals surface area contributed by atoms with E-state index in [1.165, 1.54) is 96.3 Å². The molecular formula is C31H50INO3. The van der Waals surface area contributed by atoms with E-state index in [1.807, 2.05) is 18.2 Å². The third kappa shape index (κ3) is 12.9. The number of unbranched alkanes of at least 4 members (excludes halogenated alkanes) is 14. The van der Waals surface area contributed by atoms with Gasteiger partial charge in [-0.2, -0.15) is 0 Å². The number of benzene rings is 1. The Hall–Kier alpha value is -1.11. The number of hydrogen-bond acceptors (Lipinski definition) is 3. The van der Waals surface area contributed by atoms with Gasteiger partial charge in [0, 0.05) is 6.42 Å². The van der Waals surface area contributed by atoms with Crippen LogP contribution in [0.1, 0.15) is 164 Å². The molecule has 0 aliphatic heterocycles. The van der Waals surface area contributed by atoms with E-state index in [0.29, 0.717) is 21.5 Å². The van der Waals surface area contributed by atoms with Crippen molar-refractivity contribution in [2.45, 2.75) is 148 Å². The van der Waals surface area contributed by atoms with E-state index in [2.05, 4.69) is 12.2 Å². The molecule has 0 atom stereocenters. The van der Waals surface area contributed by atoms with Crippen molar-refractivity contribution >= 4 is 33.0 Å². The smallest absolute Gasteiger partial charge is 0.259 e. The van der Waals surface area contributed by atoms with Gasteiger partial charge in [0.2, 0.25) is 5.91 Å². The lowest BCUT2D eigenvalue weighted by atomic mass is 9.83. The highest BCUT2D eigenvalue weighted by Crippen LogP contribution is 2.34. The minimum absolute atomic E-state index is 0.215. The molecule has 1 saturated carbocycles. The highest BCUT2D eigenvalue weighted by Gasteiger charge is 2.20. The topological polar surface area (TPSA) is 63.2 Å². The van der Waals surface area contributed by atoms with Crippen LogP contribution in [-0.4, -0.2) is 11.8 Å². The van der Waals surface area contributed by atoms with E-state index in [9.17, 15) is 12.7 Å². The van der Waals surface area contributed by atoms with Crippen LogP contribution in [0.25, 0.3) is 0 Å². The summed E-state index contributed by atoms with van der Waals surface area (Å²) in [4.78, 5) is 25.1. The van der Waals surface area contributed by atoms with Crippen LogP contribution in [0.4, 0.5) is 0 Å². The van der Waals surface area contributed by atoms with Crippen molar-refractivity contribution in [1.29, 1.82) is 0 Å². The second-order valence-electron chi connectivity index (χ2n) is 10.7. The minimum atomic E-state index is -1.46. The van der Waals surface area contributed by atoms with Gasteiger partial charge in [-0.3, -0.25) is 18.0 Å². The van der Waals surface area contributed by atoms with Gasteiger partial charge in [-0.15, -0.1) is 0 Å². The molecule has 1 N–H and O–H groups in total. The summed E-state index contributed by atoms with van der Waals surface area (Å²) in [5.41, 5.74) is 1.58. The van der Waals surface area contributed by atoms with Gasteiger partial charge < -0.3 is 0 Å². The Kier molecular flexibility index (Phi) is 17.2. The summed E-state index contributed by atoms with van der Waals surface area (Å²) in [6.45, 7) is 2.27. The third-order valence-electron chi connectivity index (χ3n) is 7.66. The van der Waals surface area contributed by atoms with Crippen molar-refractivity contribution in [2.24, 2.45) is 0 Å². The Labute approximate surface area is 230 Å². The molecule has 4 nitrogen and oxygen atoms in total. The van der Waals surface area contributed by atoms with Crippen molar-refractivity contribution < 1.29 is 12.7 Å². The quantitative estimate of drug-likeness (QED) is 0.125. The molecule has 5 heteroatoms. The first-order valence-electron chi connectivity index (χ1n) is 14.9. The summed E-state index contributed by atoms with van der Waals surface area (Å²) in [6, 6.07) is 5.74. The van der Waals surface area contributed by atoms with Crippen molar-refractivity contribution in [2.75, 3.05) is 0 Å². The molecule has 0 unspecified atom stereocenters. The van der Waals surface area contributed by atoms with Crippen LogP contribution in [0.5, 0.6) is 0 Å². The fourth-order valence-corrected chi connectivity index (χ4v) is 6.35. The molecule has 1 aliphatic rings. The van der Waals surface area contributed by atoms with Crippen LogP contribution < -0.4 is 5.32 Å². The monoisotopic (exact) mass is 611 g/mol. The first-order valence-corrected chi connectivity index (χ1v) is 16.9. The molecule has 2 amide bonds. The fraction of sp³-hybridized carbons (Fsp3) is 0.742. The molecule has 204 valence electrons. The molecule has 1 aromatic carbocycles. The van der Waals surface area contributed by atoms with Gasteiger partial charge in [0.05, 0.1) is 9.13 Å². The van der Waals surface area contributed by atoms with E-state index < -0.39 is 21.2 Å². The number of hydrogen-bond donors (Lipinski definition) is 1. The van der Waals surface area contributed by atoms with Gasteiger partial charge >= 0.3 is 0 Å². The second-order valence-corrected chi connectivity index (χ2v) is 12.3. The van der Waals surface area contributed by atoms with Gasteiger partial charge in [-0.05, 0) is 42.9 Å². The highest BCUT2D eigenvalue weighted by molar-refractivity contribution is 14.1. The number of carbonyl (C=O) groups is 2. The maximum absolute atomic E-state index is 12.8. The number of imide groups is 1. The number of nitrogens with one attached hydrogen (secondary N) is 1. The molecule has 1 fully saturated rings. The lowest BCUT2D eigenvalue weighted by Crippen LogP contribution is -2.31. The normalized spacial score (nSPS) is 14.1. The van der Waals surface area contributed by atoms with Crippen LogP contribution in [0.2, 0.25) is 0 Å². The van der Waals surface area contributed by atoms with E-state index in [1.54, 1.807) is 0 Å². The summed E-state index contributed by atoms with van der Waals surface area (Å²) >= 11 is -1.46. The number of halogens is 1. The third-order valence-corrected chi connectivity index (χ3v) is 9.07. The second kappa shape index (κ2) is 19.9. The molecule has 0 saturated heterocycles. The maximum atomic E-state index is 12.8. The Morgan fingerprint density at radius 1 is 0.778 bits per heavy atom. The average Bonchev–Trinajstić information content (AvgIpc) is 2.91. The maximum Gasteiger partial charge on any atom is 0.259 e. The van der Waals surface area contributed by atoms with Crippen molar-refractivity contribution in [3.8, 4) is 0 Å². The Balaban J connectivity index is 1.54. The zero-order chi connectivity index (χ0) is 25.8. The lowest BCUT2D eigenvalue weighted by Gasteiger charge is -2.22. The van der Waals surface area contributed by atoms with Gasteiger partial charge in [-0.1, -0.05) is 122 Å². The van der Waals surface area contributed by atoms with Crippen LogP contribution in [-0.2, 0) is 7.86 Å². The summed E-state index contributed by atoms with van der Waals surface area (Å²) in [7, 11) is 0. The van der Waals surface area contributed by atoms with E-state index in [4.69, 9.17) is 0 Å². The van der Waals surface area contributed by atoms with Crippen molar-refractivity contribution in [3.05, 3.63) is 32.9 Å². The predicted molar refractivity (Wildman–Crippen MR) is 158 cm³/mol. The molecule has 0 heterocycles. The molecule has 0 bridgehead atoms. The van der Waals surface area contributed by atoms with Gasteiger partial charge in [-0.25, -0.2) is 0 Å².